The van der Waals surface area contributed by atoms with E-state index in [0.717, 1.165) is 0 Å². The number of halogens is 1. The van der Waals surface area contributed by atoms with E-state index in [0.29, 0.717) is 51.9 Å². The van der Waals surface area contributed by atoms with Crippen LogP contribution < -0.4 is 16.2 Å². The highest BCUT2D eigenvalue weighted by Gasteiger charge is 2.24. The first-order valence-electron chi connectivity index (χ1n) is 9.70. The van der Waals surface area contributed by atoms with Crippen LogP contribution in [0, 0.1) is 0 Å². The lowest BCUT2D eigenvalue weighted by atomic mass is 10.2. The Morgan fingerprint density at radius 2 is 2.16 bits per heavy atom. The molecule has 1 aliphatic rings. The predicted molar refractivity (Wildman–Crippen MR) is 118 cm³/mol. The van der Waals surface area contributed by atoms with E-state index < -0.39 is 12.0 Å². The van der Waals surface area contributed by atoms with Gasteiger partial charge in [0, 0.05) is 36.7 Å². The van der Waals surface area contributed by atoms with Crippen molar-refractivity contribution in [3.05, 3.63) is 44.8 Å². The van der Waals surface area contributed by atoms with Crippen molar-refractivity contribution in [2.24, 2.45) is 0 Å². The van der Waals surface area contributed by atoms with Crippen LogP contribution in [-0.2, 0) is 20.8 Å². The highest BCUT2D eigenvalue weighted by atomic mass is 35.5. The summed E-state index contributed by atoms with van der Waals surface area (Å²) in [6, 6.07) is 4.54. The van der Waals surface area contributed by atoms with Gasteiger partial charge in [-0.2, -0.15) is 0 Å². The molecule has 0 radical (unpaired) electrons. The average molecular weight is 467 g/mol. The summed E-state index contributed by atoms with van der Waals surface area (Å²) in [5.74, 6) is -0.272. The summed E-state index contributed by atoms with van der Waals surface area (Å²) in [6.45, 7) is 2.92. The number of methoxy groups -OCH3 is 1. The minimum Gasteiger partial charge on any atom is -0.463 e. The number of rotatable bonds is 9. The number of thioether (sulfide) groups is 1. The van der Waals surface area contributed by atoms with E-state index in [2.05, 4.69) is 15.6 Å². The molecule has 3 rings (SSSR count). The van der Waals surface area contributed by atoms with Crippen molar-refractivity contribution >= 4 is 46.3 Å². The molecule has 1 aromatic heterocycles. The molecule has 0 aliphatic carbocycles. The van der Waals surface area contributed by atoms with Crippen LogP contribution in [0.2, 0.25) is 5.02 Å². The molecule has 2 N–H and O–H groups in total. The number of carbonyl (C=O) groups excluding carboxylic acids is 2. The third-order valence-electron chi connectivity index (χ3n) is 4.53. The van der Waals surface area contributed by atoms with Crippen molar-refractivity contribution in [3.8, 4) is 0 Å². The van der Waals surface area contributed by atoms with E-state index in [1.165, 1.54) is 11.8 Å². The maximum Gasteiger partial charge on any atom is 0.337 e. The number of amides is 2. The molecule has 0 atom stereocenters. The van der Waals surface area contributed by atoms with E-state index in [-0.39, 0.29) is 24.5 Å². The van der Waals surface area contributed by atoms with Gasteiger partial charge in [-0.05, 0) is 31.5 Å². The lowest BCUT2D eigenvalue weighted by Gasteiger charge is -2.21. The predicted octanol–water partition coefficient (Wildman–Crippen LogP) is 2.31. The standard InChI is InChI=1S/C20H23ClN4O5S/c1-3-30-18(27)14-10-22-19(28)23-16(14)11-31-20-24-15-9-12(21)5-6-13(15)17(26)25(20)7-4-8-29-2/h5-6,9H,3-4,7-8,10-11H2,1-2H3,(H2,22,23,28). The van der Waals surface area contributed by atoms with Crippen LogP contribution in [0.3, 0.4) is 0 Å². The number of aromatic nitrogens is 2. The third-order valence-corrected chi connectivity index (χ3v) is 5.77. The van der Waals surface area contributed by atoms with Gasteiger partial charge in [0.2, 0.25) is 0 Å². The second-order valence-corrected chi connectivity index (χ2v) is 8.01. The first-order chi connectivity index (χ1) is 14.9. The molecule has 0 bridgehead atoms. The molecule has 0 unspecified atom stereocenters. The summed E-state index contributed by atoms with van der Waals surface area (Å²) in [7, 11) is 1.60. The fourth-order valence-electron chi connectivity index (χ4n) is 3.05. The highest BCUT2D eigenvalue weighted by molar-refractivity contribution is 7.99. The smallest absolute Gasteiger partial charge is 0.337 e. The van der Waals surface area contributed by atoms with Crippen LogP contribution >= 0.6 is 23.4 Å². The molecule has 1 aromatic carbocycles. The maximum atomic E-state index is 13.1. The lowest BCUT2D eigenvalue weighted by molar-refractivity contribution is -0.138. The van der Waals surface area contributed by atoms with E-state index in [9.17, 15) is 14.4 Å². The number of urea groups is 1. The summed E-state index contributed by atoms with van der Waals surface area (Å²) < 4.78 is 11.8. The van der Waals surface area contributed by atoms with Crippen LogP contribution in [-0.4, -0.2) is 54.2 Å². The van der Waals surface area contributed by atoms with Gasteiger partial charge in [0.15, 0.2) is 5.16 Å². The van der Waals surface area contributed by atoms with E-state index in [1.54, 1.807) is 36.8 Å². The number of fused-ring (bicyclic) bond motifs is 1. The van der Waals surface area contributed by atoms with Crippen molar-refractivity contribution in [1.29, 1.82) is 0 Å². The van der Waals surface area contributed by atoms with Gasteiger partial charge in [-0.25, -0.2) is 14.6 Å². The van der Waals surface area contributed by atoms with Crippen LogP contribution in [0.15, 0.2) is 39.4 Å². The maximum absolute atomic E-state index is 13.1. The Kier molecular flexibility index (Phi) is 7.94. The Hall–Kier alpha value is -2.56. The Balaban J connectivity index is 1.96. The number of ether oxygens (including phenoxy) is 2. The van der Waals surface area contributed by atoms with E-state index >= 15 is 0 Å². The van der Waals surface area contributed by atoms with Crippen LogP contribution in [0.5, 0.6) is 0 Å². The molecule has 0 spiro atoms. The normalized spacial score (nSPS) is 13.8. The van der Waals surface area contributed by atoms with Crippen molar-refractivity contribution in [2.45, 2.75) is 25.0 Å². The minimum atomic E-state index is -0.499. The molecule has 9 nitrogen and oxygen atoms in total. The Labute approximate surface area is 188 Å². The number of nitrogens with zero attached hydrogens (tertiary/aromatic N) is 2. The Morgan fingerprint density at radius 3 is 2.90 bits per heavy atom. The zero-order valence-corrected chi connectivity index (χ0v) is 18.8. The number of benzene rings is 1. The van der Waals surface area contributed by atoms with Gasteiger partial charge in [0.1, 0.15) is 0 Å². The zero-order chi connectivity index (χ0) is 22.4. The first kappa shape index (κ1) is 23.1. The highest BCUT2D eigenvalue weighted by Crippen LogP contribution is 2.23. The summed E-state index contributed by atoms with van der Waals surface area (Å²) in [4.78, 5) is 41.7. The summed E-state index contributed by atoms with van der Waals surface area (Å²) in [5.41, 5.74) is 1.06. The van der Waals surface area contributed by atoms with E-state index in [4.69, 9.17) is 21.1 Å². The fraction of sp³-hybridized carbons (Fsp3) is 0.400. The van der Waals surface area contributed by atoms with Crippen molar-refractivity contribution in [2.75, 3.05) is 32.6 Å². The second kappa shape index (κ2) is 10.7. The molecule has 0 saturated heterocycles. The molecule has 166 valence electrons. The summed E-state index contributed by atoms with van der Waals surface area (Å²) in [6.07, 6.45) is 0.627. The van der Waals surface area contributed by atoms with Gasteiger partial charge in [0.05, 0.1) is 29.6 Å². The van der Waals surface area contributed by atoms with Crippen molar-refractivity contribution < 1.29 is 19.1 Å². The molecular formula is C20H23ClN4O5S. The van der Waals surface area contributed by atoms with Gasteiger partial charge in [-0.15, -0.1) is 0 Å². The minimum absolute atomic E-state index is 0.0714. The molecule has 11 heteroatoms. The van der Waals surface area contributed by atoms with Gasteiger partial charge in [-0.1, -0.05) is 23.4 Å². The number of esters is 1. The molecular weight excluding hydrogens is 444 g/mol. The Bertz CT molecular complexity index is 1090. The first-order valence-corrected chi connectivity index (χ1v) is 11.1. The molecule has 2 amide bonds. The number of nitrogens with one attached hydrogen (secondary N) is 2. The third kappa shape index (κ3) is 5.57. The van der Waals surface area contributed by atoms with Crippen molar-refractivity contribution in [3.63, 3.8) is 0 Å². The summed E-state index contributed by atoms with van der Waals surface area (Å²) >= 11 is 7.33. The summed E-state index contributed by atoms with van der Waals surface area (Å²) in [5, 5.41) is 6.63. The molecule has 2 heterocycles. The molecule has 31 heavy (non-hydrogen) atoms. The monoisotopic (exact) mass is 466 g/mol. The Morgan fingerprint density at radius 1 is 1.35 bits per heavy atom. The molecule has 0 fully saturated rings. The second-order valence-electron chi connectivity index (χ2n) is 6.63. The van der Waals surface area contributed by atoms with Gasteiger partial charge >= 0.3 is 12.0 Å². The average Bonchev–Trinajstić information content (AvgIpc) is 2.74. The van der Waals surface area contributed by atoms with Crippen LogP contribution in [0.4, 0.5) is 4.79 Å². The lowest BCUT2D eigenvalue weighted by Crippen LogP contribution is -2.44. The number of hydrogen-bond donors (Lipinski definition) is 2. The van der Waals surface area contributed by atoms with Crippen molar-refractivity contribution in [1.82, 2.24) is 20.2 Å². The topological polar surface area (TPSA) is 112 Å². The number of hydrogen-bond acceptors (Lipinski definition) is 7. The van der Waals surface area contributed by atoms with Crippen LogP contribution in [0.25, 0.3) is 10.9 Å². The largest absolute Gasteiger partial charge is 0.463 e. The molecule has 1 aliphatic heterocycles. The molecule has 0 saturated carbocycles. The molecule has 2 aromatic rings. The van der Waals surface area contributed by atoms with Crippen LogP contribution in [0.1, 0.15) is 13.3 Å². The van der Waals surface area contributed by atoms with E-state index in [1.807, 2.05) is 0 Å². The SMILES string of the molecule is CCOC(=O)C1=C(CSc2nc3cc(Cl)ccc3c(=O)n2CCCOC)NC(=O)NC1. The van der Waals surface area contributed by atoms with Gasteiger partial charge in [-0.3, -0.25) is 9.36 Å². The quantitative estimate of drug-likeness (QED) is 0.252. The van der Waals surface area contributed by atoms with Gasteiger partial charge < -0.3 is 20.1 Å². The zero-order valence-electron chi connectivity index (χ0n) is 17.2. The number of carbonyl (C=O) groups is 2. The fourth-order valence-corrected chi connectivity index (χ4v) is 4.23. The van der Waals surface area contributed by atoms with Gasteiger partial charge in [0.25, 0.3) is 5.56 Å².